The van der Waals surface area contributed by atoms with Crippen molar-refractivity contribution in [3.63, 3.8) is 0 Å². The first-order chi connectivity index (χ1) is 16.1. The summed E-state index contributed by atoms with van der Waals surface area (Å²) in [6.07, 6.45) is 2.14. The molecule has 1 amide bonds. The zero-order valence-corrected chi connectivity index (χ0v) is 22.1. The lowest BCUT2D eigenvalue weighted by Gasteiger charge is -2.30. The number of thiophene rings is 1. The predicted molar refractivity (Wildman–Crippen MR) is 134 cm³/mol. The lowest BCUT2D eigenvalue weighted by Crippen LogP contribution is -2.39. The molecule has 35 heavy (non-hydrogen) atoms. The smallest absolute Gasteiger partial charge is 0.419 e. The number of rotatable bonds is 4. The van der Waals surface area contributed by atoms with Gasteiger partial charge in [-0.15, -0.1) is 23.7 Å². The number of nitrogens with two attached hydrogens (primary N) is 1. The van der Waals surface area contributed by atoms with E-state index in [9.17, 15) is 18.0 Å². The second kappa shape index (κ2) is 12.7. The molecule has 2 heterocycles. The number of methoxy groups -OCH3 is 1. The third-order valence-corrected chi connectivity index (χ3v) is 5.73. The van der Waals surface area contributed by atoms with E-state index in [0.29, 0.717) is 25.1 Å². The molecule has 1 aromatic heterocycles. The van der Waals surface area contributed by atoms with Gasteiger partial charge >= 0.3 is 12.3 Å². The van der Waals surface area contributed by atoms with Crippen LogP contribution in [0.3, 0.4) is 0 Å². The summed E-state index contributed by atoms with van der Waals surface area (Å²) < 4.78 is 49.9. The van der Waals surface area contributed by atoms with Crippen LogP contribution < -0.4 is 5.73 Å². The van der Waals surface area contributed by atoms with Crippen molar-refractivity contribution in [2.75, 3.05) is 13.7 Å². The molecule has 1 aliphatic heterocycles. The fourth-order valence-corrected chi connectivity index (χ4v) is 4.12. The Kier molecular flexibility index (Phi) is 10.9. The molecule has 1 aliphatic rings. The molecule has 0 atom stereocenters. The van der Waals surface area contributed by atoms with Gasteiger partial charge in [-0.3, -0.25) is 0 Å². The lowest BCUT2D eigenvalue weighted by atomic mass is 10.0. The van der Waals surface area contributed by atoms with E-state index in [1.807, 2.05) is 33.1 Å². The average Bonchev–Trinajstić information content (AvgIpc) is 3.18. The van der Waals surface area contributed by atoms with Gasteiger partial charge in [-0.2, -0.15) is 13.2 Å². The number of terminal acetylenes is 1. The second-order valence-corrected chi connectivity index (χ2v) is 9.68. The molecule has 194 valence electrons. The monoisotopic (exact) mass is 513 g/mol. The van der Waals surface area contributed by atoms with E-state index in [-0.39, 0.29) is 23.4 Å². The highest BCUT2D eigenvalue weighted by molar-refractivity contribution is 7.10. The van der Waals surface area contributed by atoms with Gasteiger partial charge in [0.15, 0.2) is 0 Å². The van der Waals surface area contributed by atoms with Crippen LogP contribution in [-0.4, -0.2) is 42.3 Å². The minimum absolute atomic E-state index is 0.104. The molecule has 0 bridgehead atoms. The minimum atomic E-state index is -4.57. The summed E-state index contributed by atoms with van der Waals surface area (Å²) in [5, 5.41) is 1.82. The van der Waals surface area contributed by atoms with Crippen LogP contribution in [0.2, 0.25) is 0 Å². The van der Waals surface area contributed by atoms with Crippen LogP contribution in [0.5, 0.6) is 0 Å². The maximum absolute atomic E-state index is 13.3. The quantitative estimate of drug-likeness (QED) is 0.172. The molecule has 2 N–H and O–H groups in total. The summed E-state index contributed by atoms with van der Waals surface area (Å²) in [4.78, 5) is 19.1. The van der Waals surface area contributed by atoms with E-state index in [4.69, 9.17) is 21.6 Å². The van der Waals surface area contributed by atoms with Gasteiger partial charge < -0.3 is 20.1 Å². The van der Waals surface area contributed by atoms with Crippen molar-refractivity contribution in [3.8, 4) is 12.3 Å². The number of aliphatic imine (C=N–C) groups is 1. The molecule has 0 saturated heterocycles. The fourth-order valence-electron chi connectivity index (χ4n) is 3.01. The van der Waals surface area contributed by atoms with Gasteiger partial charge in [-0.25, -0.2) is 9.79 Å². The molecular formula is C25H34F3N3O3S. The Morgan fingerprint density at radius 2 is 1.94 bits per heavy atom. The molecule has 10 heteroatoms. The number of hydrogen-bond donors (Lipinski definition) is 1. The van der Waals surface area contributed by atoms with Gasteiger partial charge in [0.05, 0.1) is 19.2 Å². The van der Waals surface area contributed by atoms with E-state index in [0.717, 1.165) is 22.9 Å². The SMILES string of the molecule is C#CCC.CO/C(C)=C(/C=C(\C)N=C(N)c1csc2c1CCN(C(=O)OC(C)(C)C)C2)C(F)(F)F. The molecular weight excluding hydrogens is 479 g/mol. The van der Waals surface area contributed by atoms with Crippen molar-refractivity contribution in [2.24, 2.45) is 10.7 Å². The Bertz CT molecular complexity index is 1030. The number of carbonyl (C=O) groups excluding carboxylic acids is 1. The highest BCUT2D eigenvalue weighted by atomic mass is 32.1. The van der Waals surface area contributed by atoms with Gasteiger partial charge in [-0.05, 0) is 52.7 Å². The minimum Gasteiger partial charge on any atom is -0.501 e. The standard InChI is InChI=1S/C21H28F3N3O3S.C4H6/c1-12(9-16(13(2)29-6)21(22,23)24)26-18(25)15-11-31-17-10-27(8-7-14(15)17)19(28)30-20(3,4)5;1-3-4-2/h9,11H,7-8,10H2,1-6H3,(H2,25,26);1H,4H2,2H3/b12-9+,16-13-;. The zero-order chi connectivity index (χ0) is 27.0. The highest BCUT2D eigenvalue weighted by Gasteiger charge is 2.35. The van der Waals surface area contributed by atoms with Crippen molar-refractivity contribution in [1.82, 2.24) is 4.90 Å². The highest BCUT2D eigenvalue weighted by Crippen LogP contribution is 2.32. The number of ether oxygens (including phenoxy) is 2. The number of allylic oxidation sites excluding steroid dienone is 4. The van der Waals surface area contributed by atoms with Crippen LogP contribution in [0, 0.1) is 12.3 Å². The molecule has 0 unspecified atom stereocenters. The number of halogens is 3. The van der Waals surface area contributed by atoms with Crippen molar-refractivity contribution < 1.29 is 27.4 Å². The molecule has 6 nitrogen and oxygen atoms in total. The van der Waals surface area contributed by atoms with Gasteiger partial charge in [0, 0.05) is 34.5 Å². The van der Waals surface area contributed by atoms with Crippen LogP contribution in [0.4, 0.5) is 18.0 Å². The number of alkyl halides is 3. The van der Waals surface area contributed by atoms with E-state index >= 15 is 0 Å². The predicted octanol–water partition coefficient (Wildman–Crippen LogP) is 6.16. The molecule has 1 aromatic rings. The fraction of sp³-hybridized carbons (Fsp3) is 0.520. The second-order valence-electron chi connectivity index (χ2n) is 8.72. The van der Waals surface area contributed by atoms with Crippen LogP contribution in [-0.2, 0) is 22.4 Å². The summed E-state index contributed by atoms with van der Waals surface area (Å²) in [6, 6.07) is 0. The Morgan fingerprint density at radius 1 is 1.34 bits per heavy atom. The first-order valence-corrected chi connectivity index (χ1v) is 11.9. The Labute approximate surface area is 209 Å². The van der Waals surface area contributed by atoms with Crippen molar-refractivity contribution in [3.05, 3.63) is 44.5 Å². The summed E-state index contributed by atoms with van der Waals surface area (Å²) >= 11 is 1.43. The molecule has 2 rings (SSSR count). The summed E-state index contributed by atoms with van der Waals surface area (Å²) in [6.45, 7) is 10.9. The van der Waals surface area contributed by atoms with Crippen molar-refractivity contribution in [1.29, 1.82) is 0 Å². The molecule has 0 saturated carbocycles. The third kappa shape index (κ3) is 9.32. The zero-order valence-electron chi connectivity index (χ0n) is 21.3. The Morgan fingerprint density at radius 3 is 2.43 bits per heavy atom. The molecule has 0 aliphatic carbocycles. The number of amides is 1. The van der Waals surface area contributed by atoms with E-state index in [1.165, 1.54) is 32.3 Å². The molecule has 0 aromatic carbocycles. The topological polar surface area (TPSA) is 77.2 Å². The first-order valence-electron chi connectivity index (χ1n) is 11.0. The van der Waals surface area contributed by atoms with Crippen molar-refractivity contribution in [2.45, 2.75) is 72.7 Å². The van der Waals surface area contributed by atoms with E-state index < -0.39 is 17.4 Å². The maximum atomic E-state index is 13.3. The number of fused-ring (bicyclic) bond motifs is 1. The van der Waals surface area contributed by atoms with Crippen LogP contribution >= 0.6 is 11.3 Å². The maximum Gasteiger partial charge on any atom is 0.419 e. The van der Waals surface area contributed by atoms with Gasteiger partial charge in [-0.1, -0.05) is 6.92 Å². The normalized spacial score (nSPS) is 15.3. The van der Waals surface area contributed by atoms with Crippen LogP contribution in [0.15, 0.2) is 33.5 Å². The van der Waals surface area contributed by atoms with Crippen molar-refractivity contribution >= 4 is 23.3 Å². The van der Waals surface area contributed by atoms with Crippen LogP contribution in [0.25, 0.3) is 0 Å². The van der Waals surface area contributed by atoms with E-state index in [1.54, 1.807) is 4.90 Å². The third-order valence-electron chi connectivity index (χ3n) is 4.72. The summed E-state index contributed by atoms with van der Waals surface area (Å²) in [5.41, 5.74) is 6.36. The largest absolute Gasteiger partial charge is 0.501 e. The molecule has 0 fully saturated rings. The summed E-state index contributed by atoms with van der Waals surface area (Å²) in [7, 11) is 1.18. The summed E-state index contributed by atoms with van der Waals surface area (Å²) in [5.74, 6) is 2.31. The number of amidine groups is 1. The molecule has 0 spiro atoms. The number of nitrogens with zero attached hydrogens (tertiary/aromatic N) is 2. The van der Waals surface area contributed by atoms with Crippen LogP contribution in [0.1, 0.15) is 64.0 Å². The first kappa shape index (κ1) is 30.1. The van der Waals surface area contributed by atoms with Gasteiger partial charge in [0.25, 0.3) is 0 Å². The van der Waals surface area contributed by atoms with Gasteiger partial charge in [0.2, 0.25) is 0 Å². The number of carbonyl (C=O) groups is 1. The number of hydrogen-bond acceptors (Lipinski definition) is 5. The molecule has 0 radical (unpaired) electrons. The Balaban J connectivity index is 0.00000142. The van der Waals surface area contributed by atoms with E-state index in [2.05, 4.69) is 10.9 Å². The van der Waals surface area contributed by atoms with Gasteiger partial charge in [0.1, 0.15) is 17.2 Å². The lowest BCUT2D eigenvalue weighted by molar-refractivity contribution is -0.0913. The average molecular weight is 514 g/mol. The Hall–Kier alpha value is -2.93.